The van der Waals surface area contributed by atoms with Crippen LogP contribution in [0.25, 0.3) is 22.4 Å². The molecule has 3 atom stereocenters. The van der Waals surface area contributed by atoms with Crippen molar-refractivity contribution in [3.05, 3.63) is 30.0 Å². The molecule has 0 aliphatic carbocycles. The van der Waals surface area contributed by atoms with Crippen LogP contribution in [0.15, 0.2) is 33.1 Å². The maximum absolute atomic E-state index is 16.0. The van der Waals surface area contributed by atoms with Crippen molar-refractivity contribution in [2.75, 3.05) is 18.1 Å². The van der Waals surface area contributed by atoms with Crippen LogP contribution in [0.2, 0.25) is 0 Å². The van der Waals surface area contributed by atoms with Gasteiger partial charge in [-0.1, -0.05) is 5.16 Å². The van der Waals surface area contributed by atoms with E-state index in [0.717, 1.165) is 5.56 Å². The van der Waals surface area contributed by atoms with Crippen molar-refractivity contribution in [3.8, 4) is 11.4 Å². The lowest BCUT2D eigenvalue weighted by Gasteiger charge is -2.54. The second-order valence-electron chi connectivity index (χ2n) is 8.83. The van der Waals surface area contributed by atoms with Gasteiger partial charge in [0, 0.05) is 32.2 Å². The molecule has 3 aliphatic rings. The van der Waals surface area contributed by atoms with E-state index in [1.165, 1.54) is 0 Å². The van der Waals surface area contributed by atoms with Gasteiger partial charge in [0.05, 0.1) is 41.1 Å². The third kappa shape index (κ3) is 2.62. The number of benzene rings is 1. The summed E-state index contributed by atoms with van der Waals surface area (Å²) in [5.41, 5.74) is 2.37. The number of halogens is 1. The van der Waals surface area contributed by atoms with E-state index < -0.39 is 5.41 Å². The van der Waals surface area contributed by atoms with Crippen LogP contribution in [0.4, 0.5) is 10.1 Å². The first kappa shape index (κ1) is 18.7. The number of aromatic nitrogens is 3. The zero-order valence-corrected chi connectivity index (χ0v) is 17.6. The predicted molar refractivity (Wildman–Crippen MR) is 115 cm³/mol. The minimum absolute atomic E-state index is 0.0272. The number of morpholine rings is 1. The maximum Gasteiger partial charge on any atom is 0.205 e. The second-order valence-corrected chi connectivity index (χ2v) is 8.83. The Morgan fingerprint density at radius 1 is 1.23 bits per heavy atom. The van der Waals surface area contributed by atoms with Gasteiger partial charge in [-0.05, 0) is 31.9 Å². The summed E-state index contributed by atoms with van der Waals surface area (Å²) >= 11 is 0. The molecule has 9 heteroatoms. The van der Waals surface area contributed by atoms with Crippen LogP contribution in [0, 0.1) is 11.2 Å². The monoisotopic (exact) mass is 422 g/mol. The van der Waals surface area contributed by atoms with Crippen LogP contribution in [0.5, 0.6) is 0 Å². The van der Waals surface area contributed by atoms with Gasteiger partial charge in [-0.25, -0.2) is 9.37 Å². The third-order valence-electron chi connectivity index (χ3n) is 6.55. The normalized spacial score (nSPS) is 26.5. The number of fused-ring (bicyclic) bond motifs is 5. The Balaban J connectivity index is 1.59. The van der Waals surface area contributed by atoms with Crippen molar-refractivity contribution < 1.29 is 13.7 Å². The predicted octanol–water partition coefficient (Wildman–Crippen LogP) is 3.00. The molecule has 0 radical (unpaired) electrons. The molecule has 0 unspecified atom stereocenters. The summed E-state index contributed by atoms with van der Waals surface area (Å²) in [4.78, 5) is 15.4. The molecule has 31 heavy (non-hydrogen) atoms. The highest BCUT2D eigenvalue weighted by Crippen LogP contribution is 2.48. The molecule has 0 saturated carbocycles. The summed E-state index contributed by atoms with van der Waals surface area (Å²) in [5.74, 6) is -0.381. The number of anilines is 1. The lowest BCUT2D eigenvalue weighted by atomic mass is 9.69. The molecule has 6 rings (SSSR count). The second kappa shape index (κ2) is 6.46. The number of imidazole rings is 1. The molecular formula is C22H23FN6O2. The SMILES string of the molecule is C[C@H]1CN2c3c(cc4c(-c5cn(C)cn5)noc4c3F)CC3(C=NCN=C3)[C@@H]2[C@@H](C)O1. The molecule has 5 heterocycles. The molecule has 0 amide bonds. The smallest absolute Gasteiger partial charge is 0.205 e. The molecule has 3 aromatic rings. The number of nitrogens with zero attached hydrogens (tertiary/aromatic N) is 6. The van der Waals surface area contributed by atoms with Crippen LogP contribution in [-0.2, 0) is 18.2 Å². The van der Waals surface area contributed by atoms with Crippen LogP contribution < -0.4 is 4.90 Å². The van der Waals surface area contributed by atoms with Crippen LogP contribution in [0.3, 0.4) is 0 Å². The fourth-order valence-electron chi connectivity index (χ4n) is 5.51. The van der Waals surface area contributed by atoms with Crippen molar-refractivity contribution >= 4 is 29.1 Å². The molecule has 3 aliphatic heterocycles. The fourth-order valence-corrected chi connectivity index (χ4v) is 5.51. The van der Waals surface area contributed by atoms with Crippen molar-refractivity contribution in [2.24, 2.45) is 22.4 Å². The van der Waals surface area contributed by atoms with Gasteiger partial charge in [0.25, 0.3) is 0 Å². The van der Waals surface area contributed by atoms with E-state index >= 15 is 4.39 Å². The highest BCUT2D eigenvalue weighted by molar-refractivity contribution is 5.98. The van der Waals surface area contributed by atoms with Gasteiger partial charge in [-0.15, -0.1) is 0 Å². The minimum atomic E-state index is -0.451. The third-order valence-corrected chi connectivity index (χ3v) is 6.55. The van der Waals surface area contributed by atoms with E-state index in [4.69, 9.17) is 9.26 Å². The average molecular weight is 422 g/mol. The Labute approximate surface area is 178 Å². The van der Waals surface area contributed by atoms with Crippen LogP contribution >= 0.6 is 0 Å². The Kier molecular flexibility index (Phi) is 3.89. The van der Waals surface area contributed by atoms with Crippen molar-refractivity contribution in [1.29, 1.82) is 0 Å². The largest absolute Gasteiger partial charge is 0.372 e. The topological polar surface area (TPSA) is 81.0 Å². The average Bonchev–Trinajstić information content (AvgIpc) is 3.34. The first-order valence-electron chi connectivity index (χ1n) is 10.5. The van der Waals surface area contributed by atoms with Gasteiger partial charge < -0.3 is 18.7 Å². The van der Waals surface area contributed by atoms with E-state index in [0.29, 0.717) is 42.1 Å². The van der Waals surface area contributed by atoms with Crippen molar-refractivity contribution in [2.45, 2.75) is 38.5 Å². The number of hydrogen-bond acceptors (Lipinski definition) is 7. The standard InChI is InChI=1S/C22H23FN6O2/c1-12-6-29-19-14(5-22(8-24-10-25-9-22)21(29)13(2)30-12)4-15-18(16-7-28(3)11-26-16)27-31-20(15)17(19)23/h4,7-9,11-13,21H,5-6,10H2,1-3H3/t12-,13+,21-/m0/s1. The summed E-state index contributed by atoms with van der Waals surface area (Å²) in [7, 11) is 1.88. The summed E-state index contributed by atoms with van der Waals surface area (Å²) in [5, 5.41) is 4.79. The highest BCUT2D eigenvalue weighted by atomic mass is 19.1. The van der Waals surface area contributed by atoms with E-state index in [2.05, 4.69) is 25.0 Å². The molecular weight excluding hydrogens is 399 g/mol. The fraction of sp³-hybridized carbons (Fsp3) is 0.455. The molecule has 0 bridgehead atoms. The first-order chi connectivity index (χ1) is 15.0. The van der Waals surface area contributed by atoms with Crippen molar-refractivity contribution in [1.82, 2.24) is 14.7 Å². The molecule has 1 saturated heterocycles. The number of aliphatic imine (C=N–C) groups is 2. The summed E-state index contributed by atoms with van der Waals surface area (Å²) < 4.78 is 29.4. The van der Waals surface area contributed by atoms with Crippen LogP contribution in [-0.4, -0.2) is 58.6 Å². The molecule has 8 nitrogen and oxygen atoms in total. The van der Waals surface area contributed by atoms with Gasteiger partial charge in [0.2, 0.25) is 5.58 Å². The van der Waals surface area contributed by atoms with E-state index in [-0.39, 0.29) is 29.7 Å². The number of rotatable bonds is 1. The van der Waals surface area contributed by atoms with Crippen molar-refractivity contribution in [3.63, 3.8) is 0 Å². The summed E-state index contributed by atoms with van der Waals surface area (Å²) in [6.45, 7) is 5.06. The van der Waals surface area contributed by atoms with E-state index in [1.54, 1.807) is 6.33 Å². The summed E-state index contributed by atoms with van der Waals surface area (Å²) in [6, 6.07) is 1.89. The summed E-state index contributed by atoms with van der Waals surface area (Å²) in [6.07, 6.45) is 7.94. The Bertz CT molecular complexity index is 1230. The number of ether oxygens (including phenoxy) is 1. The Hall–Kier alpha value is -3.07. The van der Waals surface area contributed by atoms with Gasteiger partial charge >= 0.3 is 0 Å². The van der Waals surface area contributed by atoms with E-state index in [1.807, 2.05) is 50.2 Å². The van der Waals surface area contributed by atoms with Crippen LogP contribution in [0.1, 0.15) is 19.4 Å². The van der Waals surface area contributed by atoms with Gasteiger partial charge in [0.15, 0.2) is 5.82 Å². The molecule has 2 aromatic heterocycles. The van der Waals surface area contributed by atoms with Gasteiger partial charge in [0.1, 0.15) is 18.1 Å². The molecule has 1 spiro atoms. The van der Waals surface area contributed by atoms with Gasteiger partial charge in [-0.2, -0.15) is 0 Å². The lowest BCUT2D eigenvalue weighted by molar-refractivity contribution is -0.0432. The zero-order valence-electron chi connectivity index (χ0n) is 17.6. The Morgan fingerprint density at radius 3 is 2.77 bits per heavy atom. The minimum Gasteiger partial charge on any atom is -0.372 e. The lowest BCUT2D eigenvalue weighted by Crippen LogP contribution is -2.65. The van der Waals surface area contributed by atoms with E-state index in [9.17, 15) is 0 Å². The van der Waals surface area contributed by atoms with Gasteiger partial charge in [-0.3, -0.25) is 9.98 Å². The zero-order chi connectivity index (χ0) is 21.3. The number of aryl methyl sites for hydroxylation is 1. The molecule has 160 valence electrons. The molecule has 0 N–H and O–H groups in total. The first-order valence-corrected chi connectivity index (χ1v) is 10.5. The Morgan fingerprint density at radius 2 is 2.03 bits per heavy atom. The molecule has 1 aromatic carbocycles. The number of hydrogen-bond donors (Lipinski definition) is 0. The maximum atomic E-state index is 16.0. The molecule has 1 fully saturated rings. The quantitative estimate of drug-likeness (QED) is 0.602. The highest BCUT2D eigenvalue weighted by Gasteiger charge is 2.52.